The molecule has 0 saturated carbocycles. The fraction of sp³-hybridized carbons (Fsp3) is 0.308. The molecule has 1 N–H and O–H groups in total. The molecule has 1 aliphatic rings. The van der Waals surface area contributed by atoms with E-state index < -0.39 is 0 Å². The van der Waals surface area contributed by atoms with Crippen LogP contribution >= 0.6 is 0 Å². The van der Waals surface area contributed by atoms with Crippen LogP contribution in [-0.4, -0.2) is 33.8 Å². The number of aromatic nitrogens is 1. The third kappa shape index (κ3) is 3.24. The van der Waals surface area contributed by atoms with Crippen LogP contribution in [0, 0.1) is 0 Å². The number of nitrogens with zero attached hydrogens (tertiary/aromatic N) is 4. The second-order valence-corrected chi connectivity index (χ2v) is 4.00. The first-order valence-corrected chi connectivity index (χ1v) is 6.00. The zero-order valence-electron chi connectivity index (χ0n) is 10.3. The van der Waals surface area contributed by atoms with E-state index >= 15 is 0 Å². The SMILES string of the molecule is CCCCN(O)/C=C1\C=NC(c2ccncc2)=N1. The molecule has 0 unspecified atom stereocenters. The van der Waals surface area contributed by atoms with E-state index in [4.69, 9.17) is 0 Å². The molecule has 0 amide bonds. The van der Waals surface area contributed by atoms with Gasteiger partial charge in [-0.05, 0) is 18.6 Å². The summed E-state index contributed by atoms with van der Waals surface area (Å²) in [6, 6.07) is 3.71. The predicted molar refractivity (Wildman–Crippen MR) is 70.7 cm³/mol. The predicted octanol–water partition coefficient (Wildman–Crippen LogP) is 2.25. The molecule has 2 heterocycles. The number of pyridine rings is 1. The molecule has 5 nitrogen and oxygen atoms in total. The standard InChI is InChI=1S/C13H16N4O/c1-2-3-8-17(18)10-12-9-15-13(16-12)11-4-6-14-7-5-11/h4-7,9-10,18H,2-3,8H2,1H3/b12-10+. The number of hydroxylamine groups is 2. The van der Waals surface area contributed by atoms with Crippen molar-refractivity contribution in [3.63, 3.8) is 0 Å². The van der Waals surface area contributed by atoms with E-state index in [1.54, 1.807) is 24.8 Å². The summed E-state index contributed by atoms with van der Waals surface area (Å²) in [6.45, 7) is 2.69. The van der Waals surface area contributed by atoms with Gasteiger partial charge < -0.3 is 0 Å². The molecule has 18 heavy (non-hydrogen) atoms. The maximum Gasteiger partial charge on any atom is 0.160 e. The van der Waals surface area contributed by atoms with E-state index in [1.807, 2.05) is 12.1 Å². The molecule has 1 aliphatic heterocycles. The van der Waals surface area contributed by atoms with Gasteiger partial charge in [-0.15, -0.1) is 0 Å². The Morgan fingerprint density at radius 1 is 1.33 bits per heavy atom. The Kier molecular flexibility index (Phi) is 4.20. The van der Waals surface area contributed by atoms with Crippen LogP contribution in [-0.2, 0) is 0 Å². The summed E-state index contributed by atoms with van der Waals surface area (Å²) < 4.78 is 0. The highest BCUT2D eigenvalue weighted by atomic mass is 16.5. The zero-order valence-corrected chi connectivity index (χ0v) is 10.3. The Balaban J connectivity index is 2.05. The Morgan fingerprint density at radius 2 is 2.11 bits per heavy atom. The Bertz CT molecular complexity index is 479. The monoisotopic (exact) mass is 244 g/mol. The van der Waals surface area contributed by atoms with Crippen molar-refractivity contribution in [2.75, 3.05) is 6.54 Å². The largest absolute Gasteiger partial charge is 0.289 e. The molecule has 0 aliphatic carbocycles. The molecule has 5 heteroatoms. The molecule has 0 radical (unpaired) electrons. The lowest BCUT2D eigenvalue weighted by molar-refractivity contribution is -0.0419. The van der Waals surface area contributed by atoms with Crippen LogP contribution in [0.1, 0.15) is 25.3 Å². The van der Waals surface area contributed by atoms with Gasteiger partial charge in [0.2, 0.25) is 0 Å². The first-order chi connectivity index (χ1) is 8.79. The second kappa shape index (κ2) is 6.07. The molecule has 0 atom stereocenters. The quantitative estimate of drug-likeness (QED) is 0.808. The maximum absolute atomic E-state index is 9.61. The first kappa shape index (κ1) is 12.4. The third-order valence-electron chi connectivity index (χ3n) is 2.51. The lowest BCUT2D eigenvalue weighted by Gasteiger charge is -2.10. The van der Waals surface area contributed by atoms with Gasteiger partial charge in [0.15, 0.2) is 5.84 Å². The van der Waals surface area contributed by atoms with Gasteiger partial charge in [0.05, 0.1) is 12.4 Å². The van der Waals surface area contributed by atoms with E-state index in [1.165, 1.54) is 0 Å². The zero-order chi connectivity index (χ0) is 12.8. The van der Waals surface area contributed by atoms with Crippen molar-refractivity contribution >= 4 is 12.1 Å². The molecule has 94 valence electrons. The lowest BCUT2D eigenvalue weighted by Crippen LogP contribution is -2.13. The number of hydrogen-bond acceptors (Lipinski definition) is 5. The van der Waals surface area contributed by atoms with Crippen molar-refractivity contribution in [2.45, 2.75) is 19.8 Å². The summed E-state index contributed by atoms with van der Waals surface area (Å²) in [5.41, 5.74) is 1.57. The molecule has 0 saturated heterocycles. The van der Waals surface area contributed by atoms with Crippen LogP contribution in [0.25, 0.3) is 0 Å². The molecule has 0 aromatic carbocycles. The summed E-state index contributed by atoms with van der Waals surface area (Å²) in [7, 11) is 0. The summed E-state index contributed by atoms with van der Waals surface area (Å²) in [5.74, 6) is 0.646. The van der Waals surface area contributed by atoms with Crippen molar-refractivity contribution in [1.29, 1.82) is 0 Å². The lowest BCUT2D eigenvalue weighted by atomic mass is 10.2. The fourth-order valence-electron chi connectivity index (χ4n) is 1.55. The number of allylic oxidation sites excluding steroid dienone is 1. The molecule has 0 spiro atoms. The van der Waals surface area contributed by atoms with Crippen molar-refractivity contribution in [1.82, 2.24) is 10.0 Å². The molecule has 1 aromatic rings. The molecule has 2 rings (SSSR count). The molecule has 0 bridgehead atoms. The Labute approximate surface area is 106 Å². The molecule has 1 aromatic heterocycles. The molecular formula is C13H16N4O. The van der Waals surface area contributed by atoms with Crippen LogP contribution in [0.3, 0.4) is 0 Å². The van der Waals surface area contributed by atoms with Gasteiger partial charge in [-0.3, -0.25) is 15.3 Å². The molecule has 0 fully saturated rings. The highest BCUT2D eigenvalue weighted by molar-refractivity contribution is 6.10. The summed E-state index contributed by atoms with van der Waals surface area (Å²) in [6.07, 6.45) is 8.62. The van der Waals surface area contributed by atoms with Gasteiger partial charge in [-0.1, -0.05) is 13.3 Å². The van der Waals surface area contributed by atoms with Crippen LogP contribution < -0.4 is 0 Å². The number of aliphatic imine (C=N–C) groups is 2. The molecular weight excluding hydrogens is 228 g/mol. The third-order valence-corrected chi connectivity index (χ3v) is 2.51. The fourth-order valence-corrected chi connectivity index (χ4v) is 1.55. The highest BCUT2D eigenvalue weighted by Crippen LogP contribution is 2.11. The van der Waals surface area contributed by atoms with Crippen LogP contribution in [0.2, 0.25) is 0 Å². The van der Waals surface area contributed by atoms with Crippen LogP contribution in [0.4, 0.5) is 0 Å². The smallest absolute Gasteiger partial charge is 0.160 e. The highest BCUT2D eigenvalue weighted by Gasteiger charge is 2.08. The van der Waals surface area contributed by atoms with Gasteiger partial charge in [-0.2, -0.15) is 0 Å². The van der Waals surface area contributed by atoms with Crippen molar-refractivity contribution in [2.24, 2.45) is 9.98 Å². The average Bonchev–Trinajstić information content (AvgIpc) is 2.86. The minimum absolute atomic E-state index is 0.605. The second-order valence-electron chi connectivity index (χ2n) is 4.00. The minimum atomic E-state index is 0.605. The minimum Gasteiger partial charge on any atom is -0.289 e. The summed E-state index contributed by atoms with van der Waals surface area (Å²) >= 11 is 0. The van der Waals surface area contributed by atoms with Gasteiger partial charge in [0, 0.05) is 24.5 Å². The van der Waals surface area contributed by atoms with Crippen LogP contribution in [0.5, 0.6) is 0 Å². The average molecular weight is 244 g/mol. The number of rotatable bonds is 5. The van der Waals surface area contributed by atoms with Gasteiger partial charge in [0.25, 0.3) is 0 Å². The Morgan fingerprint density at radius 3 is 2.83 bits per heavy atom. The van der Waals surface area contributed by atoms with E-state index in [0.717, 1.165) is 23.5 Å². The summed E-state index contributed by atoms with van der Waals surface area (Å²) in [5, 5.41) is 10.8. The van der Waals surface area contributed by atoms with E-state index in [-0.39, 0.29) is 0 Å². The van der Waals surface area contributed by atoms with Gasteiger partial charge >= 0.3 is 0 Å². The number of hydrogen-bond donors (Lipinski definition) is 1. The number of unbranched alkanes of at least 4 members (excludes halogenated alkanes) is 1. The topological polar surface area (TPSA) is 61.1 Å². The Hall–Kier alpha value is -2.01. The van der Waals surface area contributed by atoms with Crippen molar-refractivity contribution in [3.05, 3.63) is 42.0 Å². The van der Waals surface area contributed by atoms with Crippen LogP contribution in [0.15, 0.2) is 46.4 Å². The maximum atomic E-state index is 9.61. The van der Waals surface area contributed by atoms with Gasteiger partial charge in [-0.25, -0.2) is 9.98 Å². The normalized spacial score (nSPS) is 16.1. The van der Waals surface area contributed by atoms with Crippen molar-refractivity contribution < 1.29 is 5.21 Å². The first-order valence-electron chi connectivity index (χ1n) is 6.00. The summed E-state index contributed by atoms with van der Waals surface area (Å²) in [4.78, 5) is 12.5. The van der Waals surface area contributed by atoms with E-state index in [9.17, 15) is 5.21 Å². The van der Waals surface area contributed by atoms with Crippen molar-refractivity contribution in [3.8, 4) is 0 Å². The van der Waals surface area contributed by atoms with Gasteiger partial charge in [0.1, 0.15) is 5.70 Å². The number of amidine groups is 1. The van der Waals surface area contributed by atoms with E-state index in [0.29, 0.717) is 18.1 Å². The van der Waals surface area contributed by atoms with E-state index in [2.05, 4.69) is 21.9 Å².